The van der Waals surface area contributed by atoms with Crippen LogP contribution in [-0.2, 0) is 9.84 Å². The Balaban J connectivity index is 3.11. The van der Waals surface area contributed by atoms with E-state index in [1.54, 1.807) is 0 Å². The second-order valence-electron chi connectivity index (χ2n) is 5.35. The van der Waals surface area contributed by atoms with Crippen LogP contribution in [0.1, 0.15) is 57.8 Å². The number of hydrogen-bond donors (Lipinski definition) is 0. The third-order valence-electron chi connectivity index (χ3n) is 2.95. The van der Waals surface area contributed by atoms with Crippen LogP contribution in [0.25, 0.3) is 0 Å². The van der Waals surface area contributed by atoms with E-state index >= 15 is 0 Å². The molecule has 0 N–H and O–H groups in total. The van der Waals surface area contributed by atoms with Gasteiger partial charge in [-0.3, -0.25) is 0 Å². The van der Waals surface area contributed by atoms with Gasteiger partial charge in [0.05, 0.1) is 6.10 Å². The Morgan fingerprint density at radius 1 is 1.25 bits per heavy atom. The molecule has 2 heteroatoms. The molecule has 1 atom stereocenters. The summed E-state index contributed by atoms with van der Waals surface area (Å²) >= 11 is 0. The van der Waals surface area contributed by atoms with Crippen LogP contribution in [0.3, 0.4) is 0 Å². The second kappa shape index (κ2) is 5.64. The first kappa shape index (κ1) is 13.5. The van der Waals surface area contributed by atoms with Gasteiger partial charge in [-0.25, -0.2) is 0 Å². The van der Waals surface area contributed by atoms with E-state index in [2.05, 4.69) is 52.0 Å². The quantitative estimate of drug-likeness (QED) is 0.730. The fourth-order valence-electron chi connectivity index (χ4n) is 2.12. The molecular formula is C14H24OSi. The molecule has 1 aromatic rings. The van der Waals surface area contributed by atoms with Gasteiger partial charge in [-0.15, -0.1) is 0 Å². The largest absolute Gasteiger partial charge is 0.421 e. The monoisotopic (exact) mass is 236 g/mol. The van der Waals surface area contributed by atoms with Crippen molar-refractivity contribution in [1.82, 2.24) is 0 Å². The van der Waals surface area contributed by atoms with Gasteiger partial charge < -0.3 is 4.43 Å². The molecule has 0 saturated carbocycles. The van der Waals surface area contributed by atoms with Crippen molar-refractivity contribution in [2.45, 2.75) is 52.1 Å². The molecule has 0 aromatic heterocycles. The van der Waals surface area contributed by atoms with E-state index in [1.165, 1.54) is 17.5 Å². The van der Waals surface area contributed by atoms with Gasteiger partial charge in [-0.05, 0) is 23.0 Å². The summed E-state index contributed by atoms with van der Waals surface area (Å²) in [5.74, 6) is 0. The minimum atomic E-state index is 0.197. The lowest BCUT2D eigenvalue weighted by Gasteiger charge is -2.27. The molecule has 0 fully saturated rings. The topological polar surface area (TPSA) is 9.23 Å². The molecule has 0 radical (unpaired) electrons. The van der Waals surface area contributed by atoms with E-state index in [0.29, 0.717) is 6.10 Å². The van der Waals surface area contributed by atoms with E-state index in [-0.39, 0.29) is 5.41 Å². The number of rotatable bonds is 4. The predicted molar refractivity (Wildman–Crippen MR) is 73.8 cm³/mol. The molecule has 1 unspecified atom stereocenters. The first-order chi connectivity index (χ1) is 7.50. The summed E-state index contributed by atoms with van der Waals surface area (Å²) < 4.78 is 5.75. The first-order valence-corrected chi connectivity index (χ1v) is 6.94. The molecule has 90 valence electrons. The fraction of sp³-hybridized carbons (Fsp3) is 0.571. The van der Waals surface area contributed by atoms with Crippen LogP contribution in [-0.4, -0.2) is 10.5 Å². The van der Waals surface area contributed by atoms with Crippen molar-refractivity contribution in [3.63, 3.8) is 0 Å². The molecule has 1 rings (SSSR count). The molecule has 0 aliphatic rings. The number of benzene rings is 1. The molecule has 0 bridgehead atoms. The van der Waals surface area contributed by atoms with E-state index in [0.717, 1.165) is 16.9 Å². The first-order valence-electron chi connectivity index (χ1n) is 6.13. The number of hydrogen-bond acceptors (Lipinski definition) is 1. The van der Waals surface area contributed by atoms with E-state index < -0.39 is 0 Å². The zero-order valence-electron chi connectivity index (χ0n) is 11.2. The van der Waals surface area contributed by atoms with Crippen LogP contribution >= 0.6 is 0 Å². The van der Waals surface area contributed by atoms with Gasteiger partial charge >= 0.3 is 0 Å². The van der Waals surface area contributed by atoms with Gasteiger partial charge in [-0.2, -0.15) is 0 Å². The molecule has 16 heavy (non-hydrogen) atoms. The summed E-state index contributed by atoms with van der Waals surface area (Å²) in [4.78, 5) is 0. The van der Waals surface area contributed by atoms with Crippen molar-refractivity contribution in [3.8, 4) is 0 Å². The van der Waals surface area contributed by atoms with Crippen molar-refractivity contribution < 1.29 is 4.43 Å². The van der Waals surface area contributed by atoms with Crippen molar-refractivity contribution >= 4 is 10.5 Å². The zero-order valence-corrected chi connectivity index (χ0v) is 13.2. The van der Waals surface area contributed by atoms with Gasteiger partial charge in [0.1, 0.15) is 10.5 Å². The van der Waals surface area contributed by atoms with Crippen LogP contribution in [0.15, 0.2) is 24.3 Å². The highest BCUT2D eigenvalue weighted by atomic mass is 28.2. The molecule has 0 saturated heterocycles. The maximum absolute atomic E-state index is 5.75. The molecule has 0 spiro atoms. The minimum absolute atomic E-state index is 0.197. The summed E-state index contributed by atoms with van der Waals surface area (Å²) in [5.41, 5.74) is 3.00. The van der Waals surface area contributed by atoms with E-state index in [4.69, 9.17) is 4.43 Å². The smallest absolute Gasteiger partial charge is 0.146 e. The lowest BCUT2D eigenvalue weighted by atomic mass is 9.82. The van der Waals surface area contributed by atoms with E-state index in [1.807, 2.05) is 0 Å². The third kappa shape index (κ3) is 3.19. The van der Waals surface area contributed by atoms with Crippen LogP contribution in [0.5, 0.6) is 0 Å². The highest BCUT2D eigenvalue weighted by molar-refractivity contribution is 5.98. The summed E-state index contributed by atoms with van der Waals surface area (Å²) in [6, 6.07) is 8.70. The highest BCUT2D eigenvalue weighted by Crippen LogP contribution is 2.32. The van der Waals surface area contributed by atoms with Crippen LogP contribution in [0.2, 0.25) is 0 Å². The predicted octanol–water partition coefficient (Wildman–Crippen LogP) is 3.12. The average molecular weight is 236 g/mol. The molecule has 0 heterocycles. The van der Waals surface area contributed by atoms with Crippen LogP contribution < -0.4 is 0 Å². The highest BCUT2D eigenvalue weighted by Gasteiger charge is 2.21. The van der Waals surface area contributed by atoms with Crippen LogP contribution in [0, 0.1) is 0 Å². The fourth-order valence-corrected chi connectivity index (χ4v) is 2.61. The molecule has 1 aromatic carbocycles. The van der Waals surface area contributed by atoms with Crippen LogP contribution in [0.4, 0.5) is 0 Å². The summed E-state index contributed by atoms with van der Waals surface area (Å²) in [6.45, 7) is 9.01. The van der Waals surface area contributed by atoms with Gasteiger partial charge in [0.15, 0.2) is 0 Å². The minimum Gasteiger partial charge on any atom is -0.421 e. The summed E-state index contributed by atoms with van der Waals surface area (Å²) in [5, 5.41) is 0. The van der Waals surface area contributed by atoms with Gasteiger partial charge in [0.2, 0.25) is 0 Å². The third-order valence-corrected chi connectivity index (χ3v) is 3.52. The molecule has 0 amide bonds. The Bertz CT molecular complexity index is 328. The molecular weight excluding hydrogens is 212 g/mol. The zero-order chi connectivity index (χ0) is 12.2. The second-order valence-corrected chi connectivity index (χ2v) is 5.82. The molecule has 1 nitrogen and oxygen atoms in total. The maximum Gasteiger partial charge on any atom is 0.146 e. The Kier molecular flexibility index (Phi) is 4.75. The lowest BCUT2D eigenvalue weighted by Crippen LogP contribution is -2.17. The Labute approximate surface area is 103 Å². The van der Waals surface area contributed by atoms with Gasteiger partial charge in [0, 0.05) is 0 Å². The summed E-state index contributed by atoms with van der Waals surface area (Å²) in [6.07, 6.45) is 2.59. The van der Waals surface area contributed by atoms with Crippen molar-refractivity contribution in [2.24, 2.45) is 0 Å². The van der Waals surface area contributed by atoms with Gasteiger partial charge in [0.25, 0.3) is 0 Å². The Morgan fingerprint density at radius 2 is 1.88 bits per heavy atom. The van der Waals surface area contributed by atoms with Crippen molar-refractivity contribution in [1.29, 1.82) is 0 Å². The maximum atomic E-state index is 5.75. The lowest BCUT2D eigenvalue weighted by molar-refractivity contribution is 0.211. The molecule has 0 aliphatic carbocycles. The SMILES string of the molecule is CCCC(O[SiH3])c1ccccc1C(C)(C)C. The Hall–Kier alpha value is -0.603. The normalized spacial score (nSPS) is 14.0. The summed E-state index contributed by atoms with van der Waals surface area (Å²) in [7, 11) is 0.806. The standard InChI is InChI=1S/C14H24OSi/c1-5-8-13(15-16)11-9-6-7-10-12(11)14(2,3)4/h6-7,9-10,13H,5,8H2,1-4,16H3. The Morgan fingerprint density at radius 3 is 2.38 bits per heavy atom. The average Bonchev–Trinajstić information content (AvgIpc) is 2.25. The van der Waals surface area contributed by atoms with Crippen molar-refractivity contribution in [3.05, 3.63) is 35.4 Å². The van der Waals surface area contributed by atoms with Gasteiger partial charge in [-0.1, -0.05) is 58.4 Å². The molecule has 0 aliphatic heterocycles. The van der Waals surface area contributed by atoms with Crippen molar-refractivity contribution in [2.75, 3.05) is 0 Å². The van der Waals surface area contributed by atoms with E-state index in [9.17, 15) is 0 Å².